The van der Waals surface area contributed by atoms with E-state index in [0.717, 1.165) is 28.8 Å². The molecule has 0 aliphatic carbocycles. The molecule has 2 heterocycles. The van der Waals surface area contributed by atoms with E-state index in [1.165, 1.54) is 0 Å². The van der Waals surface area contributed by atoms with Crippen LogP contribution in [0.15, 0.2) is 18.2 Å². The fraction of sp³-hybridized carbons (Fsp3) is 0.429. The number of aromatic nitrogens is 2. The van der Waals surface area contributed by atoms with E-state index < -0.39 is 11.6 Å². The molecule has 5 heteroatoms. The molecular formula is C14H16N2O3. The quantitative estimate of drug-likeness (QED) is 0.916. The first-order valence-corrected chi connectivity index (χ1v) is 6.31. The predicted molar refractivity (Wildman–Crippen MR) is 70.0 cm³/mol. The Balaban J connectivity index is 2.07. The van der Waals surface area contributed by atoms with Gasteiger partial charge in [0.25, 0.3) is 0 Å². The number of nitrogens with zero attached hydrogens (tertiary/aromatic N) is 2. The van der Waals surface area contributed by atoms with Crippen molar-refractivity contribution in [2.45, 2.75) is 25.4 Å². The molecule has 0 radical (unpaired) electrons. The van der Waals surface area contributed by atoms with Crippen LogP contribution in [0.3, 0.4) is 0 Å². The van der Waals surface area contributed by atoms with Gasteiger partial charge in [-0.1, -0.05) is 6.07 Å². The monoisotopic (exact) mass is 260 g/mol. The summed E-state index contributed by atoms with van der Waals surface area (Å²) < 4.78 is 7.60. The third-order valence-corrected chi connectivity index (χ3v) is 3.95. The fourth-order valence-corrected chi connectivity index (χ4v) is 2.67. The maximum Gasteiger partial charge on any atom is 0.306 e. The summed E-state index contributed by atoms with van der Waals surface area (Å²) in [5.74, 6) is 0.103. The number of carboxylic acid groups (broad SMARTS) is 1. The van der Waals surface area contributed by atoms with Crippen molar-refractivity contribution in [1.82, 2.24) is 9.55 Å². The molecule has 0 saturated carbocycles. The van der Waals surface area contributed by atoms with Gasteiger partial charge in [0.2, 0.25) is 0 Å². The van der Waals surface area contributed by atoms with Crippen LogP contribution in [0.4, 0.5) is 0 Å². The van der Waals surface area contributed by atoms with Crippen molar-refractivity contribution in [1.29, 1.82) is 0 Å². The van der Waals surface area contributed by atoms with Crippen LogP contribution in [0.1, 0.15) is 24.2 Å². The molecule has 1 N–H and O–H groups in total. The Morgan fingerprint density at radius 2 is 2.32 bits per heavy atom. The molecule has 100 valence electrons. The third kappa shape index (κ3) is 1.81. The molecular weight excluding hydrogens is 244 g/mol. The molecule has 0 amide bonds. The second-order valence-corrected chi connectivity index (χ2v) is 5.08. The van der Waals surface area contributed by atoms with Gasteiger partial charge in [0.15, 0.2) is 0 Å². The Morgan fingerprint density at radius 1 is 1.58 bits per heavy atom. The van der Waals surface area contributed by atoms with Crippen LogP contribution in [-0.2, 0) is 22.2 Å². The molecule has 0 bridgehead atoms. The maximum absolute atomic E-state index is 11.0. The largest absolute Gasteiger partial charge is 0.481 e. The third-order valence-electron chi connectivity index (χ3n) is 3.95. The SMILES string of the molecule is Cc1nc2cc(C3(CC(=O)O)CCO3)ccc2n1C. The van der Waals surface area contributed by atoms with Gasteiger partial charge in [-0.2, -0.15) is 0 Å². The topological polar surface area (TPSA) is 64.3 Å². The lowest BCUT2D eigenvalue weighted by Crippen LogP contribution is -2.42. The van der Waals surface area contributed by atoms with E-state index in [2.05, 4.69) is 4.98 Å². The second kappa shape index (κ2) is 4.06. The summed E-state index contributed by atoms with van der Waals surface area (Å²) >= 11 is 0. The Labute approximate surface area is 110 Å². The number of aryl methyl sites for hydroxylation is 2. The zero-order chi connectivity index (χ0) is 13.6. The van der Waals surface area contributed by atoms with E-state index in [1.54, 1.807) is 0 Å². The Bertz CT molecular complexity index is 656. The van der Waals surface area contributed by atoms with E-state index in [4.69, 9.17) is 9.84 Å². The molecule has 19 heavy (non-hydrogen) atoms. The number of rotatable bonds is 3. The average molecular weight is 260 g/mol. The smallest absolute Gasteiger partial charge is 0.306 e. The van der Waals surface area contributed by atoms with Gasteiger partial charge in [0, 0.05) is 13.5 Å². The molecule has 0 spiro atoms. The number of aliphatic carboxylic acids is 1. The van der Waals surface area contributed by atoms with Crippen LogP contribution in [0.25, 0.3) is 11.0 Å². The Kier molecular flexibility index (Phi) is 2.60. The van der Waals surface area contributed by atoms with Crippen LogP contribution in [0, 0.1) is 6.92 Å². The number of hydrogen-bond donors (Lipinski definition) is 1. The van der Waals surface area contributed by atoms with E-state index in [1.807, 2.05) is 36.7 Å². The van der Waals surface area contributed by atoms with Crippen LogP contribution in [0.5, 0.6) is 0 Å². The number of carboxylic acids is 1. The number of benzene rings is 1. The number of imidazole rings is 1. The molecule has 1 fully saturated rings. The zero-order valence-electron chi connectivity index (χ0n) is 11.0. The van der Waals surface area contributed by atoms with Crippen LogP contribution < -0.4 is 0 Å². The lowest BCUT2D eigenvalue weighted by atomic mass is 9.83. The van der Waals surface area contributed by atoms with Gasteiger partial charge in [-0.15, -0.1) is 0 Å². The second-order valence-electron chi connectivity index (χ2n) is 5.08. The first-order valence-electron chi connectivity index (χ1n) is 6.31. The molecule has 1 atom stereocenters. The molecule has 1 saturated heterocycles. The number of ether oxygens (including phenoxy) is 1. The highest BCUT2D eigenvalue weighted by atomic mass is 16.5. The van der Waals surface area contributed by atoms with E-state index >= 15 is 0 Å². The van der Waals surface area contributed by atoms with Gasteiger partial charge in [-0.25, -0.2) is 4.98 Å². The van der Waals surface area contributed by atoms with Crippen LogP contribution >= 0.6 is 0 Å². The molecule has 1 aromatic heterocycles. The van der Waals surface area contributed by atoms with E-state index in [-0.39, 0.29) is 6.42 Å². The van der Waals surface area contributed by atoms with Crippen molar-refractivity contribution in [2.75, 3.05) is 6.61 Å². The highest BCUT2D eigenvalue weighted by molar-refractivity contribution is 5.77. The lowest BCUT2D eigenvalue weighted by molar-refractivity contribution is -0.176. The molecule has 5 nitrogen and oxygen atoms in total. The summed E-state index contributed by atoms with van der Waals surface area (Å²) in [4.78, 5) is 15.5. The molecule has 1 aliphatic rings. The highest BCUT2D eigenvalue weighted by Crippen LogP contribution is 2.41. The molecule has 1 unspecified atom stereocenters. The van der Waals surface area contributed by atoms with Gasteiger partial charge in [-0.3, -0.25) is 4.79 Å². The van der Waals surface area contributed by atoms with Crippen LogP contribution in [-0.4, -0.2) is 27.2 Å². The van der Waals surface area contributed by atoms with Crippen molar-refractivity contribution in [3.8, 4) is 0 Å². The van der Waals surface area contributed by atoms with Gasteiger partial charge in [0.05, 0.1) is 24.1 Å². The molecule has 1 aliphatic heterocycles. The molecule has 2 aromatic rings. The van der Waals surface area contributed by atoms with Crippen molar-refractivity contribution in [2.24, 2.45) is 7.05 Å². The van der Waals surface area contributed by atoms with E-state index in [0.29, 0.717) is 6.61 Å². The minimum absolute atomic E-state index is 0.00429. The summed E-state index contributed by atoms with van der Waals surface area (Å²) in [7, 11) is 1.97. The van der Waals surface area contributed by atoms with Gasteiger partial charge < -0.3 is 14.4 Å². The summed E-state index contributed by atoms with van der Waals surface area (Å²) in [6, 6.07) is 5.88. The summed E-state index contributed by atoms with van der Waals surface area (Å²) in [5, 5.41) is 9.04. The van der Waals surface area contributed by atoms with Gasteiger partial charge in [0.1, 0.15) is 11.4 Å². The molecule has 3 rings (SSSR count). The number of hydrogen-bond acceptors (Lipinski definition) is 3. The average Bonchev–Trinajstić information content (AvgIpc) is 2.59. The van der Waals surface area contributed by atoms with Crippen molar-refractivity contribution < 1.29 is 14.6 Å². The number of carbonyl (C=O) groups is 1. The highest BCUT2D eigenvalue weighted by Gasteiger charge is 2.42. The fourth-order valence-electron chi connectivity index (χ4n) is 2.67. The minimum Gasteiger partial charge on any atom is -0.481 e. The first-order chi connectivity index (χ1) is 9.02. The normalized spacial score (nSPS) is 22.4. The Morgan fingerprint density at radius 3 is 2.89 bits per heavy atom. The Hall–Kier alpha value is -1.88. The van der Waals surface area contributed by atoms with Crippen molar-refractivity contribution in [3.05, 3.63) is 29.6 Å². The van der Waals surface area contributed by atoms with Crippen molar-refractivity contribution in [3.63, 3.8) is 0 Å². The lowest BCUT2D eigenvalue weighted by Gasteiger charge is -2.41. The number of fused-ring (bicyclic) bond motifs is 1. The van der Waals surface area contributed by atoms with Crippen LogP contribution in [0.2, 0.25) is 0 Å². The van der Waals surface area contributed by atoms with Gasteiger partial charge >= 0.3 is 5.97 Å². The van der Waals surface area contributed by atoms with Gasteiger partial charge in [-0.05, 0) is 24.6 Å². The minimum atomic E-state index is -0.836. The van der Waals surface area contributed by atoms with E-state index in [9.17, 15) is 4.79 Å². The summed E-state index contributed by atoms with van der Waals surface area (Å²) in [6.07, 6.45) is 0.751. The van der Waals surface area contributed by atoms with Crippen molar-refractivity contribution >= 4 is 17.0 Å². The molecule has 1 aromatic carbocycles. The zero-order valence-corrected chi connectivity index (χ0v) is 11.0. The summed E-state index contributed by atoms with van der Waals surface area (Å²) in [6.45, 7) is 2.57. The summed E-state index contributed by atoms with van der Waals surface area (Å²) in [5.41, 5.74) is 2.18. The maximum atomic E-state index is 11.0. The first kappa shape index (κ1) is 12.2. The standard InChI is InChI=1S/C14H16N2O3/c1-9-15-11-7-10(3-4-12(11)16(9)2)14(5-6-19-14)8-13(17)18/h3-4,7H,5-6,8H2,1-2H3,(H,17,18). The predicted octanol–water partition coefficient (Wildman–Crippen LogP) is 1.97.